The van der Waals surface area contributed by atoms with E-state index in [1.165, 1.54) is 12.1 Å². The van der Waals surface area contributed by atoms with Gasteiger partial charge in [-0.1, -0.05) is 0 Å². The predicted octanol–water partition coefficient (Wildman–Crippen LogP) is 0.533. The highest BCUT2D eigenvalue weighted by molar-refractivity contribution is 5.81. The minimum Gasteiger partial charge on any atom is -0.378 e. The van der Waals surface area contributed by atoms with Crippen molar-refractivity contribution in [1.29, 1.82) is 0 Å². The minimum absolute atomic E-state index is 0.0517. The van der Waals surface area contributed by atoms with Crippen molar-refractivity contribution in [1.82, 2.24) is 10.3 Å². The molecule has 0 aliphatic heterocycles. The number of pyridine rings is 1. The molecule has 1 amide bonds. The molecule has 8 heteroatoms. The maximum Gasteiger partial charge on any atom is 0.311 e. The molecular weight excluding hydrogens is 250 g/mol. The van der Waals surface area contributed by atoms with Crippen LogP contribution in [-0.2, 0) is 4.79 Å². The molecule has 0 aliphatic carbocycles. The standard InChI is InChI=1S/C11H17N5O3/c1-7(2)13-10(17)6-15(3)9-5-4-8(16(18)19)11(12)14-9/h4-5,7H,6H2,1-3H3,(H2,12,14)(H,13,17). The van der Waals surface area contributed by atoms with Crippen LogP contribution in [0.15, 0.2) is 12.1 Å². The lowest BCUT2D eigenvalue weighted by Gasteiger charge is -2.18. The molecular formula is C11H17N5O3. The molecule has 0 saturated carbocycles. The highest BCUT2D eigenvalue weighted by Crippen LogP contribution is 2.22. The van der Waals surface area contributed by atoms with E-state index in [2.05, 4.69) is 10.3 Å². The van der Waals surface area contributed by atoms with Gasteiger partial charge in [-0.3, -0.25) is 14.9 Å². The Kier molecular flexibility index (Phi) is 4.62. The van der Waals surface area contributed by atoms with Gasteiger partial charge in [-0.05, 0) is 19.9 Å². The van der Waals surface area contributed by atoms with Crippen molar-refractivity contribution in [3.63, 3.8) is 0 Å². The van der Waals surface area contributed by atoms with Crippen LogP contribution in [0.5, 0.6) is 0 Å². The summed E-state index contributed by atoms with van der Waals surface area (Å²) in [6, 6.07) is 2.78. The zero-order chi connectivity index (χ0) is 14.6. The second-order valence-corrected chi connectivity index (χ2v) is 4.41. The third-order valence-electron chi connectivity index (χ3n) is 2.31. The van der Waals surface area contributed by atoms with Gasteiger partial charge < -0.3 is 16.0 Å². The summed E-state index contributed by atoms with van der Waals surface area (Å²) in [6.07, 6.45) is 0. The number of rotatable bonds is 5. The fourth-order valence-electron chi connectivity index (χ4n) is 1.49. The van der Waals surface area contributed by atoms with Crippen LogP contribution < -0.4 is 16.0 Å². The van der Waals surface area contributed by atoms with E-state index in [4.69, 9.17) is 5.73 Å². The van der Waals surface area contributed by atoms with Crippen molar-refractivity contribution >= 4 is 23.2 Å². The molecule has 1 heterocycles. The topological polar surface area (TPSA) is 114 Å². The Morgan fingerprint density at radius 3 is 2.68 bits per heavy atom. The number of nitrogens with two attached hydrogens (primary N) is 1. The summed E-state index contributed by atoms with van der Waals surface area (Å²) in [6.45, 7) is 3.82. The number of hydrogen-bond donors (Lipinski definition) is 2. The van der Waals surface area contributed by atoms with Gasteiger partial charge >= 0.3 is 5.69 Å². The number of nitrogen functional groups attached to an aromatic ring is 1. The first-order valence-electron chi connectivity index (χ1n) is 5.72. The second-order valence-electron chi connectivity index (χ2n) is 4.41. The number of carbonyl (C=O) groups excluding carboxylic acids is 1. The molecule has 1 rings (SSSR count). The molecule has 0 radical (unpaired) electrons. The lowest BCUT2D eigenvalue weighted by Crippen LogP contribution is -2.38. The van der Waals surface area contributed by atoms with Crippen LogP contribution in [0.4, 0.5) is 17.3 Å². The Morgan fingerprint density at radius 2 is 2.21 bits per heavy atom. The van der Waals surface area contributed by atoms with Crippen molar-refractivity contribution in [3.8, 4) is 0 Å². The van der Waals surface area contributed by atoms with Crippen LogP contribution in [0, 0.1) is 10.1 Å². The molecule has 8 nitrogen and oxygen atoms in total. The van der Waals surface area contributed by atoms with Crippen LogP contribution in [0.1, 0.15) is 13.8 Å². The van der Waals surface area contributed by atoms with Gasteiger partial charge in [0.25, 0.3) is 0 Å². The van der Waals surface area contributed by atoms with E-state index in [0.717, 1.165) is 0 Å². The Bertz CT molecular complexity index is 489. The van der Waals surface area contributed by atoms with E-state index in [1.54, 1.807) is 11.9 Å². The number of anilines is 2. The summed E-state index contributed by atoms with van der Waals surface area (Å²) < 4.78 is 0. The number of aromatic nitrogens is 1. The van der Waals surface area contributed by atoms with Crippen LogP contribution >= 0.6 is 0 Å². The number of hydrogen-bond acceptors (Lipinski definition) is 6. The van der Waals surface area contributed by atoms with Gasteiger partial charge in [-0.2, -0.15) is 0 Å². The first-order valence-corrected chi connectivity index (χ1v) is 5.72. The summed E-state index contributed by atoms with van der Waals surface area (Å²) in [5.74, 6) is 0.0804. The fraction of sp³-hybridized carbons (Fsp3) is 0.455. The summed E-state index contributed by atoms with van der Waals surface area (Å²) >= 11 is 0. The van der Waals surface area contributed by atoms with E-state index in [1.807, 2.05) is 13.8 Å². The lowest BCUT2D eigenvalue weighted by atomic mass is 10.3. The van der Waals surface area contributed by atoms with Crippen LogP contribution in [0.3, 0.4) is 0 Å². The van der Waals surface area contributed by atoms with Crippen LogP contribution in [0.25, 0.3) is 0 Å². The van der Waals surface area contributed by atoms with E-state index >= 15 is 0 Å². The highest BCUT2D eigenvalue weighted by atomic mass is 16.6. The third kappa shape index (κ3) is 4.09. The van der Waals surface area contributed by atoms with Crippen molar-refractivity contribution < 1.29 is 9.72 Å². The first kappa shape index (κ1) is 14.7. The van der Waals surface area contributed by atoms with Crippen molar-refractivity contribution in [2.75, 3.05) is 24.2 Å². The smallest absolute Gasteiger partial charge is 0.311 e. The minimum atomic E-state index is -0.600. The molecule has 1 aromatic heterocycles. The van der Waals surface area contributed by atoms with Crippen LogP contribution in [0.2, 0.25) is 0 Å². The summed E-state index contributed by atoms with van der Waals surface area (Å²) in [5.41, 5.74) is 5.25. The fourth-order valence-corrected chi connectivity index (χ4v) is 1.49. The van der Waals surface area contributed by atoms with Crippen LogP contribution in [-0.4, -0.2) is 35.4 Å². The Hall–Kier alpha value is -2.38. The van der Waals surface area contributed by atoms with Gasteiger partial charge in [0, 0.05) is 19.2 Å². The molecule has 0 aromatic carbocycles. The van der Waals surface area contributed by atoms with E-state index < -0.39 is 4.92 Å². The maximum atomic E-state index is 11.6. The number of amides is 1. The largest absolute Gasteiger partial charge is 0.378 e. The lowest BCUT2D eigenvalue weighted by molar-refractivity contribution is -0.384. The number of nitrogens with zero attached hydrogens (tertiary/aromatic N) is 3. The number of likely N-dealkylation sites (N-methyl/N-ethyl adjacent to an activating group) is 1. The molecule has 19 heavy (non-hydrogen) atoms. The van der Waals surface area contributed by atoms with Crippen molar-refractivity contribution in [2.24, 2.45) is 0 Å². The number of nitro groups is 1. The quantitative estimate of drug-likeness (QED) is 0.594. The van der Waals surface area contributed by atoms with Gasteiger partial charge in [0.2, 0.25) is 11.7 Å². The summed E-state index contributed by atoms with van der Waals surface area (Å²) in [5, 5.41) is 13.3. The molecule has 0 bridgehead atoms. The Labute approximate surface area is 110 Å². The van der Waals surface area contributed by atoms with Gasteiger partial charge in [0.15, 0.2) is 0 Å². The first-order chi connectivity index (χ1) is 8.81. The average Bonchev–Trinajstić information content (AvgIpc) is 2.26. The molecule has 0 unspecified atom stereocenters. The number of carbonyl (C=O) groups is 1. The summed E-state index contributed by atoms with van der Waals surface area (Å²) in [4.78, 5) is 27.1. The number of nitrogens with one attached hydrogen (secondary N) is 1. The highest BCUT2D eigenvalue weighted by Gasteiger charge is 2.15. The monoisotopic (exact) mass is 267 g/mol. The van der Waals surface area contributed by atoms with Gasteiger partial charge in [0.05, 0.1) is 11.5 Å². The summed E-state index contributed by atoms with van der Waals surface area (Å²) in [7, 11) is 1.66. The predicted molar refractivity (Wildman–Crippen MR) is 71.9 cm³/mol. The van der Waals surface area contributed by atoms with Crippen molar-refractivity contribution in [3.05, 3.63) is 22.2 Å². The molecule has 0 saturated heterocycles. The van der Waals surface area contributed by atoms with Gasteiger partial charge in [-0.15, -0.1) is 0 Å². The van der Waals surface area contributed by atoms with Crippen molar-refractivity contribution in [2.45, 2.75) is 19.9 Å². The molecule has 0 aliphatic rings. The average molecular weight is 267 g/mol. The molecule has 3 N–H and O–H groups in total. The van der Waals surface area contributed by atoms with E-state index in [-0.39, 0.29) is 30.0 Å². The second kappa shape index (κ2) is 5.98. The third-order valence-corrected chi connectivity index (χ3v) is 2.31. The van der Waals surface area contributed by atoms with E-state index in [0.29, 0.717) is 5.82 Å². The van der Waals surface area contributed by atoms with E-state index in [9.17, 15) is 14.9 Å². The molecule has 0 fully saturated rings. The zero-order valence-corrected chi connectivity index (χ0v) is 11.1. The van der Waals surface area contributed by atoms with Gasteiger partial charge in [-0.25, -0.2) is 4.98 Å². The zero-order valence-electron chi connectivity index (χ0n) is 11.1. The molecule has 0 spiro atoms. The molecule has 1 aromatic rings. The maximum absolute atomic E-state index is 11.6. The molecule has 0 atom stereocenters. The SMILES string of the molecule is CC(C)NC(=O)CN(C)c1ccc([N+](=O)[O-])c(N)n1. The van der Waals surface area contributed by atoms with Gasteiger partial charge in [0.1, 0.15) is 5.82 Å². The Balaban J connectivity index is 2.78. The molecule has 104 valence electrons. The normalized spacial score (nSPS) is 10.3. The Morgan fingerprint density at radius 1 is 1.58 bits per heavy atom.